The van der Waals surface area contributed by atoms with Crippen molar-refractivity contribution in [2.24, 2.45) is 0 Å². The number of benzene rings is 1. The third-order valence-electron chi connectivity index (χ3n) is 2.89. The van der Waals surface area contributed by atoms with E-state index in [1.165, 1.54) is 25.3 Å². The maximum absolute atomic E-state index is 13.2. The van der Waals surface area contributed by atoms with Gasteiger partial charge < -0.3 is 10.1 Å². The number of nitrogens with one attached hydrogen (secondary N) is 1. The summed E-state index contributed by atoms with van der Waals surface area (Å²) in [5.41, 5.74) is 0.329. The number of Topliss-reactive ketones (excluding diaryl/α,β-unsaturated/α-hetero) is 1. The van der Waals surface area contributed by atoms with Gasteiger partial charge in [0.1, 0.15) is 11.6 Å². The normalized spacial score (nSPS) is 19.6. The van der Waals surface area contributed by atoms with E-state index in [2.05, 4.69) is 5.32 Å². The van der Waals surface area contributed by atoms with Gasteiger partial charge in [-0.3, -0.25) is 4.79 Å². The highest BCUT2D eigenvalue weighted by atomic mass is 32.2. The molecule has 1 heterocycles. The molecule has 1 N–H and O–H groups in total. The summed E-state index contributed by atoms with van der Waals surface area (Å²) in [7, 11) is 1.48. The average molecular weight is 269 g/mol. The number of ether oxygens (including phenoxy) is 1. The quantitative estimate of drug-likeness (QED) is 0.850. The second-order valence-electron chi connectivity index (χ2n) is 4.20. The Morgan fingerprint density at radius 1 is 1.61 bits per heavy atom. The Labute approximate surface area is 110 Å². The molecule has 1 aliphatic heterocycles. The highest BCUT2D eigenvalue weighted by molar-refractivity contribution is 7.99. The second kappa shape index (κ2) is 6.20. The van der Waals surface area contributed by atoms with Crippen molar-refractivity contribution in [1.29, 1.82) is 0 Å². The fourth-order valence-electron chi connectivity index (χ4n) is 1.98. The number of methoxy groups -OCH3 is 1. The Morgan fingerprint density at radius 3 is 3.11 bits per heavy atom. The molecule has 1 aliphatic rings. The third-order valence-corrected chi connectivity index (χ3v) is 4.02. The zero-order valence-electron chi connectivity index (χ0n) is 10.2. The van der Waals surface area contributed by atoms with Gasteiger partial charge in [-0.05, 0) is 18.2 Å². The topological polar surface area (TPSA) is 38.3 Å². The molecule has 0 amide bonds. The molecule has 18 heavy (non-hydrogen) atoms. The summed E-state index contributed by atoms with van der Waals surface area (Å²) < 4.78 is 18.3. The molecule has 98 valence electrons. The van der Waals surface area contributed by atoms with Crippen molar-refractivity contribution in [1.82, 2.24) is 5.32 Å². The van der Waals surface area contributed by atoms with Crippen LogP contribution in [0.4, 0.5) is 4.39 Å². The fraction of sp³-hybridized carbons (Fsp3) is 0.462. The van der Waals surface area contributed by atoms with Gasteiger partial charge in [0.05, 0.1) is 12.7 Å². The lowest BCUT2D eigenvalue weighted by molar-refractivity contribution is 0.0968. The van der Waals surface area contributed by atoms with Crippen LogP contribution in [0.3, 0.4) is 0 Å². The van der Waals surface area contributed by atoms with Gasteiger partial charge in [-0.25, -0.2) is 4.39 Å². The summed E-state index contributed by atoms with van der Waals surface area (Å²) in [4.78, 5) is 12.1. The van der Waals surface area contributed by atoms with Crippen LogP contribution in [0.5, 0.6) is 5.75 Å². The number of thioether (sulfide) groups is 1. The van der Waals surface area contributed by atoms with Crippen molar-refractivity contribution in [3.05, 3.63) is 29.6 Å². The zero-order chi connectivity index (χ0) is 13.0. The van der Waals surface area contributed by atoms with Crippen LogP contribution in [-0.2, 0) is 0 Å². The minimum absolute atomic E-state index is 0.0775. The van der Waals surface area contributed by atoms with Crippen molar-refractivity contribution in [2.45, 2.75) is 12.5 Å². The molecule has 1 aromatic rings. The maximum atomic E-state index is 13.2. The van der Waals surface area contributed by atoms with Gasteiger partial charge in [0.25, 0.3) is 0 Å². The van der Waals surface area contributed by atoms with Crippen LogP contribution in [0.25, 0.3) is 0 Å². The van der Waals surface area contributed by atoms with Crippen molar-refractivity contribution in [3.63, 3.8) is 0 Å². The smallest absolute Gasteiger partial charge is 0.168 e. The molecule has 1 unspecified atom stereocenters. The van der Waals surface area contributed by atoms with E-state index in [-0.39, 0.29) is 11.8 Å². The Balaban J connectivity index is 2.09. The first-order valence-electron chi connectivity index (χ1n) is 5.88. The zero-order valence-corrected chi connectivity index (χ0v) is 11.1. The monoisotopic (exact) mass is 269 g/mol. The fourth-order valence-corrected chi connectivity index (χ4v) is 2.93. The van der Waals surface area contributed by atoms with Gasteiger partial charge in [0.2, 0.25) is 0 Å². The number of rotatable bonds is 4. The van der Waals surface area contributed by atoms with Crippen LogP contribution in [-0.4, -0.2) is 37.0 Å². The van der Waals surface area contributed by atoms with E-state index in [4.69, 9.17) is 4.74 Å². The third kappa shape index (κ3) is 3.23. The van der Waals surface area contributed by atoms with Crippen LogP contribution in [0.2, 0.25) is 0 Å². The molecular formula is C13H16FNO2S. The summed E-state index contributed by atoms with van der Waals surface area (Å²) in [5.74, 6) is 1.94. The van der Waals surface area contributed by atoms with Crippen molar-refractivity contribution < 1.29 is 13.9 Å². The number of hydrogen-bond acceptors (Lipinski definition) is 4. The summed E-state index contributed by atoms with van der Waals surface area (Å²) >= 11 is 1.83. The minimum Gasteiger partial charge on any atom is -0.496 e. The molecule has 0 radical (unpaired) electrons. The molecule has 2 rings (SSSR count). The van der Waals surface area contributed by atoms with Crippen LogP contribution in [0.1, 0.15) is 16.8 Å². The molecule has 1 aromatic carbocycles. The molecule has 0 bridgehead atoms. The van der Waals surface area contributed by atoms with E-state index in [9.17, 15) is 9.18 Å². The second-order valence-corrected chi connectivity index (χ2v) is 5.35. The van der Waals surface area contributed by atoms with Gasteiger partial charge >= 0.3 is 0 Å². The first-order valence-corrected chi connectivity index (χ1v) is 7.04. The molecule has 1 fully saturated rings. The highest BCUT2D eigenvalue weighted by Crippen LogP contribution is 2.22. The van der Waals surface area contributed by atoms with Gasteiger partial charge in [-0.1, -0.05) is 0 Å². The predicted molar refractivity (Wildman–Crippen MR) is 71.0 cm³/mol. The van der Waals surface area contributed by atoms with E-state index < -0.39 is 5.82 Å². The van der Waals surface area contributed by atoms with E-state index in [0.717, 1.165) is 18.1 Å². The summed E-state index contributed by atoms with van der Waals surface area (Å²) in [6.07, 6.45) is 0.382. The molecule has 1 atom stereocenters. The number of carbonyl (C=O) groups is 1. The van der Waals surface area contributed by atoms with E-state index in [1.807, 2.05) is 11.8 Å². The molecule has 0 saturated carbocycles. The molecular weight excluding hydrogens is 253 g/mol. The number of halogens is 1. The first kappa shape index (κ1) is 13.4. The van der Waals surface area contributed by atoms with E-state index >= 15 is 0 Å². The van der Waals surface area contributed by atoms with Gasteiger partial charge in [0.15, 0.2) is 5.78 Å². The summed E-state index contributed by atoms with van der Waals surface area (Å²) in [6.45, 7) is 0.920. The molecule has 5 heteroatoms. The summed E-state index contributed by atoms with van der Waals surface area (Å²) in [5, 5.41) is 3.30. The van der Waals surface area contributed by atoms with Crippen LogP contribution in [0.15, 0.2) is 18.2 Å². The van der Waals surface area contributed by atoms with Gasteiger partial charge in [-0.15, -0.1) is 0 Å². The van der Waals surface area contributed by atoms with Crippen molar-refractivity contribution in [2.75, 3.05) is 25.2 Å². The summed E-state index contributed by atoms with van der Waals surface area (Å²) in [6, 6.07) is 4.21. The molecule has 1 saturated heterocycles. The standard InChI is InChI=1S/C13H16FNO2S/c1-17-13-3-2-9(14)6-11(13)12(16)7-10-8-18-5-4-15-10/h2-3,6,10,15H,4-5,7-8H2,1H3. The Morgan fingerprint density at radius 2 is 2.44 bits per heavy atom. The molecule has 0 spiro atoms. The average Bonchev–Trinajstić information content (AvgIpc) is 2.40. The molecule has 0 aliphatic carbocycles. The Bertz CT molecular complexity index is 433. The van der Waals surface area contributed by atoms with Crippen molar-refractivity contribution >= 4 is 17.5 Å². The predicted octanol–water partition coefficient (Wildman–Crippen LogP) is 2.11. The number of hydrogen-bond donors (Lipinski definition) is 1. The van der Waals surface area contributed by atoms with E-state index in [1.54, 1.807) is 0 Å². The first-order chi connectivity index (χ1) is 8.70. The lowest BCUT2D eigenvalue weighted by atomic mass is 10.0. The van der Waals surface area contributed by atoms with Gasteiger partial charge in [-0.2, -0.15) is 11.8 Å². The van der Waals surface area contributed by atoms with Crippen LogP contribution in [0, 0.1) is 5.82 Å². The number of carbonyl (C=O) groups excluding carboxylic acids is 1. The van der Waals surface area contributed by atoms with E-state index in [0.29, 0.717) is 17.7 Å². The maximum Gasteiger partial charge on any atom is 0.168 e. The molecule has 0 aromatic heterocycles. The van der Waals surface area contributed by atoms with Crippen molar-refractivity contribution in [3.8, 4) is 5.75 Å². The Kier molecular flexibility index (Phi) is 4.60. The van der Waals surface area contributed by atoms with Gasteiger partial charge in [0, 0.05) is 30.5 Å². The lowest BCUT2D eigenvalue weighted by Gasteiger charge is -2.22. The van der Waals surface area contributed by atoms with Crippen LogP contribution >= 0.6 is 11.8 Å². The largest absolute Gasteiger partial charge is 0.496 e. The Hall–Kier alpha value is -1.07. The minimum atomic E-state index is -0.412. The number of ketones is 1. The van der Waals surface area contributed by atoms with Crippen LogP contribution < -0.4 is 10.1 Å². The molecule has 3 nitrogen and oxygen atoms in total. The lowest BCUT2D eigenvalue weighted by Crippen LogP contribution is -2.38. The highest BCUT2D eigenvalue weighted by Gasteiger charge is 2.20. The SMILES string of the molecule is COc1ccc(F)cc1C(=O)CC1CSCCN1.